The fraction of sp³-hybridized carbons (Fsp3) is 0.400. The number of hydrogen-bond acceptors (Lipinski definition) is 3. The fourth-order valence-corrected chi connectivity index (χ4v) is 5.26. The molecule has 0 unspecified atom stereocenters. The molecule has 0 spiro atoms. The number of likely N-dealkylation sites (tertiary alicyclic amines) is 1. The van der Waals surface area contributed by atoms with E-state index in [2.05, 4.69) is 53.6 Å². The molecule has 25 heavy (non-hydrogen) atoms. The molecular formula is C20H25BrN2S2. The first-order valence-corrected chi connectivity index (χ1v) is 11.0. The number of hydrogen-bond donors (Lipinski definition) is 1. The molecule has 0 amide bonds. The molecule has 0 atom stereocenters. The summed E-state index contributed by atoms with van der Waals surface area (Å²) in [6.45, 7) is 5.05. The van der Waals surface area contributed by atoms with Crippen LogP contribution in [0, 0.1) is 0 Å². The molecule has 0 bridgehead atoms. The minimum Gasteiger partial charge on any atom is -1.00 e. The number of rotatable bonds is 4. The van der Waals surface area contributed by atoms with Gasteiger partial charge in [-0.2, -0.15) is 0 Å². The first-order chi connectivity index (χ1) is 11.8. The van der Waals surface area contributed by atoms with Crippen LogP contribution in [-0.4, -0.2) is 32.4 Å². The van der Waals surface area contributed by atoms with Crippen LogP contribution in [0.4, 0.5) is 11.4 Å². The number of quaternary nitrogens is 1. The second-order valence-electron chi connectivity index (χ2n) is 6.62. The van der Waals surface area contributed by atoms with Gasteiger partial charge in [-0.3, -0.25) is 0 Å². The first-order valence-electron chi connectivity index (χ1n) is 8.91. The van der Waals surface area contributed by atoms with Crippen molar-refractivity contribution < 1.29 is 21.9 Å². The highest BCUT2D eigenvalue weighted by molar-refractivity contribution is 8.00. The summed E-state index contributed by atoms with van der Waals surface area (Å²) in [7, 11) is 0. The molecular weight excluding hydrogens is 412 g/mol. The van der Waals surface area contributed by atoms with E-state index in [-0.39, 0.29) is 17.0 Å². The predicted octanol–water partition coefficient (Wildman–Crippen LogP) is 1.08. The van der Waals surface area contributed by atoms with Gasteiger partial charge < -0.3 is 26.8 Å². The minimum absolute atomic E-state index is 0. The number of anilines is 2. The van der Waals surface area contributed by atoms with E-state index in [0.717, 1.165) is 6.54 Å². The fourth-order valence-electron chi connectivity index (χ4n) is 3.75. The van der Waals surface area contributed by atoms with Gasteiger partial charge in [-0.1, -0.05) is 23.9 Å². The molecule has 2 aliphatic heterocycles. The van der Waals surface area contributed by atoms with Gasteiger partial charge in [0, 0.05) is 14.7 Å². The zero-order valence-electron chi connectivity index (χ0n) is 14.6. The van der Waals surface area contributed by atoms with Gasteiger partial charge in [0.05, 0.1) is 37.6 Å². The van der Waals surface area contributed by atoms with Crippen molar-refractivity contribution in [2.45, 2.75) is 33.9 Å². The van der Waals surface area contributed by atoms with Crippen LogP contribution in [0.1, 0.15) is 19.3 Å². The molecule has 1 saturated heterocycles. The van der Waals surface area contributed by atoms with Crippen molar-refractivity contribution in [2.75, 3.05) is 37.3 Å². The predicted molar refractivity (Wildman–Crippen MR) is 105 cm³/mol. The van der Waals surface area contributed by atoms with Crippen LogP contribution in [0.15, 0.2) is 57.2 Å². The highest BCUT2D eigenvalue weighted by Crippen LogP contribution is 2.48. The van der Waals surface area contributed by atoms with Crippen molar-refractivity contribution in [3.05, 3.63) is 42.5 Å². The van der Waals surface area contributed by atoms with Crippen molar-refractivity contribution >= 4 is 34.9 Å². The molecule has 2 heterocycles. The Hall–Kier alpha value is -0.620. The molecule has 134 valence electrons. The third kappa shape index (κ3) is 4.21. The Bertz CT molecular complexity index is 717. The van der Waals surface area contributed by atoms with Gasteiger partial charge in [0.1, 0.15) is 0 Å². The largest absolute Gasteiger partial charge is 1.00 e. The van der Waals surface area contributed by atoms with Crippen LogP contribution < -0.4 is 26.8 Å². The van der Waals surface area contributed by atoms with Crippen LogP contribution in [-0.2, 0) is 0 Å². The molecule has 1 fully saturated rings. The average molecular weight is 437 g/mol. The lowest BCUT2D eigenvalue weighted by Crippen LogP contribution is -3.13. The number of nitrogens with one attached hydrogen (secondary N) is 1. The van der Waals surface area contributed by atoms with Crippen molar-refractivity contribution in [1.29, 1.82) is 0 Å². The lowest BCUT2D eigenvalue weighted by atomic mass is 10.1. The molecule has 2 aromatic carbocycles. The SMILES string of the molecule is CSc1ccc2c(c1)N(CC[NH+]1CCCCC1)c1ccccc1S2.[Br-]. The summed E-state index contributed by atoms with van der Waals surface area (Å²) in [6.07, 6.45) is 6.38. The van der Waals surface area contributed by atoms with Gasteiger partial charge in [0.2, 0.25) is 0 Å². The Balaban J connectivity index is 0.00000182. The second-order valence-corrected chi connectivity index (χ2v) is 8.58. The number of halogens is 1. The summed E-state index contributed by atoms with van der Waals surface area (Å²) in [5.41, 5.74) is 2.77. The molecule has 2 aromatic rings. The molecule has 1 N–H and O–H groups in total. The van der Waals surface area contributed by atoms with Crippen molar-refractivity contribution in [1.82, 2.24) is 0 Å². The van der Waals surface area contributed by atoms with Gasteiger partial charge in [0.15, 0.2) is 0 Å². The second kappa shape index (κ2) is 8.85. The maximum absolute atomic E-state index is 2.56. The standard InChI is InChI=1S/C20H24N2S2.BrH/c1-23-16-9-10-20-18(15-16)22(14-13-21-11-5-2-6-12-21)17-7-3-4-8-19(17)24-20;/h3-4,7-10,15H,2,5-6,11-14H2,1H3;1H. The molecule has 0 aliphatic carbocycles. The smallest absolute Gasteiger partial charge is 0.0953 e. The Labute approximate surface area is 170 Å². The molecule has 5 heteroatoms. The van der Waals surface area contributed by atoms with Gasteiger partial charge in [-0.25, -0.2) is 0 Å². The normalized spacial score (nSPS) is 16.8. The first kappa shape index (κ1) is 19.2. The maximum atomic E-state index is 2.56. The zero-order valence-corrected chi connectivity index (χ0v) is 17.9. The maximum Gasteiger partial charge on any atom is 0.0953 e. The number of nitrogens with zero attached hydrogens (tertiary/aromatic N) is 1. The van der Waals surface area contributed by atoms with Crippen LogP contribution >= 0.6 is 23.5 Å². The van der Waals surface area contributed by atoms with Crippen LogP contribution in [0.5, 0.6) is 0 Å². The van der Waals surface area contributed by atoms with Crippen LogP contribution in [0.25, 0.3) is 0 Å². The zero-order chi connectivity index (χ0) is 16.4. The monoisotopic (exact) mass is 436 g/mol. The van der Waals surface area contributed by atoms with Gasteiger partial charge >= 0.3 is 0 Å². The molecule has 0 radical (unpaired) electrons. The molecule has 2 nitrogen and oxygen atoms in total. The molecule has 4 rings (SSSR count). The van der Waals surface area contributed by atoms with Crippen LogP contribution in [0.3, 0.4) is 0 Å². The Morgan fingerprint density at radius 1 is 1.00 bits per heavy atom. The third-order valence-electron chi connectivity index (χ3n) is 5.08. The topological polar surface area (TPSA) is 7.68 Å². The van der Waals surface area contributed by atoms with Gasteiger partial charge in [0.25, 0.3) is 0 Å². The highest BCUT2D eigenvalue weighted by Gasteiger charge is 2.25. The molecule has 2 aliphatic rings. The molecule has 0 saturated carbocycles. The number of thioether (sulfide) groups is 1. The van der Waals surface area contributed by atoms with E-state index in [0.29, 0.717) is 0 Å². The van der Waals surface area contributed by atoms with E-state index < -0.39 is 0 Å². The van der Waals surface area contributed by atoms with E-state index in [4.69, 9.17) is 0 Å². The summed E-state index contributed by atoms with van der Waals surface area (Å²) in [5, 5.41) is 0. The summed E-state index contributed by atoms with van der Waals surface area (Å²) in [5.74, 6) is 0. The average Bonchev–Trinajstić information content (AvgIpc) is 2.65. The van der Waals surface area contributed by atoms with Crippen molar-refractivity contribution in [2.24, 2.45) is 0 Å². The lowest BCUT2D eigenvalue weighted by molar-refractivity contribution is -0.903. The Kier molecular flexibility index (Phi) is 6.78. The Morgan fingerprint density at radius 2 is 1.76 bits per heavy atom. The summed E-state index contributed by atoms with van der Waals surface area (Å²) in [4.78, 5) is 8.46. The number of fused-ring (bicyclic) bond motifs is 2. The summed E-state index contributed by atoms with van der Waals surface area (Å²) < 4.78 is 0. The third-order valence-corrected chi connectivity index (χ3v) is 6.94. The summed E-state index contributed by atoms with van der Waals surface area (Å²) in [6, 6.07) is 15.8. The van der Waals surface area contributed by atoms with E-state index in [1.165, 1.54) is 65.0 Å². The number of benzene rings is 2. The van der Waals surface area contributed by atoms with E-state index >= 15 is 0 Å². The highest BCUT2D eigenvalue weighted by atomic mass is 79.9. The Morgan fingerprint density at radius 3 is 2.56 bits per heavy atom. The van der Waals surface area contributed by atoms with Gasteiger partial charge in [-0.05, 0) is 55.9 Å². The van der Waals surface area contributed by atoms with E-state index in [1.807, 2.05) is 23.5 Å². The van der Waals surface area contributed by atoms with Crippen molar-refractivity contribution in [3.63, 3.8) is 0 Å². The van der Waals surface area contributed by atoms with E-state index in [9.17, 15) is 0 Å². The number of para-hydroxylation sites is 1. The lowest BCUT2D eigenvalue weighted by Gasteiger charge is -2.34. The quantitative estimate of drug-likeness (QED) is 0.717. The summed E-state index contributed by atoms with van der Waals surface area (Å²) >= 11 is 3.74. The van der Waals surface area contributed by atoms with E-state index in [1.54, 1.807) is 4.90 Å². The van der Waals surface area contributed by atoms with Crippen molar-refractivity contribution in [3.8, 4) is 0 Å². The van der Waals surface area contributed by atoms with Gasteiger partial charge in [-0.15, -0.1) is 11.8 Å². The number of piperidine rings is 1. The van der Waals surface area contributed by atoms with Crippen LogP contribution in [0.2, 0.25) is 0 Å². The molecule has 0 aromatic heterocycles. The minimum atomic E-state index is 0.